The van der Waals surface area contributed by atoms with Crippen molar-refractivity contribution in [1.29, 1.82) is 0 Å². The van der Waals surface area contributed by atoms with E-state index in [2.05, 4.69) is 15.6 Å². The van der Waals surface area contributed by atoms with Crippen molar-refractivity contribution < 1.29 is 22.8 Å². The van der Waals surface area contributed by atoms with E-state index in [1.54, 1.807) is 0 Å². The third kappa shape index (κ3) is 6.18. The number of carbonyl (C=O) groups is 2. The molecule has 6 nitrogen and oxygen atoms in total. The van der Waals surface area contributed by atoms with Crippen LogP contribution in [0.2, 0.25) is 5.02 Å². The van der Waals surface area contributed by atoms with E-state index >= 15 is 0 Å². The van der Waals surface area contributed by atoms with Crippen LogP contribution in [-0.2, 0) is 15.8 Å². The summed E-state index contributed by atoms with van der Waals surface area (Å²) in [5.74, 6) is -1.04. The third-order valence-corrected chi connectivity index (χ3v) is 6.38. The van der Waals surface area contributed by atoms with Crippen molar-refractivity contribution in [2.24, 2.45) is 5.92 Å². The first-order chi connectivity index (χ1) is 14.5. The van der Waals surface area contributed by atoms with Gasteiger partial charge in [0.05, 0.1) is 28.7 Å². The van der Waals surface area contributed by atoms with E-state index in [0.29, 0.717) is 31.1 Å². The molecule has 0 saturated carbocycles. The smallest absolute Gasteiger partial charge is 0.326 e. The van der Waals surface area contributed by atoms with Crippen LogP contribution in [0.5, 0.6) is 0 Å². The second-order valence-electron chi connectivity index (χ2n) is 7.46. The van der Waals surface area contributed by atoms with E-state index in [1.165, 1.54) is 17.4 Å². The van der Waals surface area contributed by atoms with Gasteiger partial charge in [0.1, 0.15) is 0 Å². The van der Waals surface area contributed by atoms with Gasteiger partial charge in [-0.15, -0.1) is 11.3 Å². The first-order valence-electron chi connectivity index (χ1n) is 9.67. The van der Waals surface area contributed by atoms with Crippen LogP contribution in [0.3, 0.4) is 0 Å². The highest BCUT2D eigenvalue weighted by Crippen LogP contribution is 2.36. The van der Waals surface area contributed by atoms with Gasteiger partial charge in [0.15, 0.2) is 5.13 Å². The zero-order valence-electron chi connectivity index (χ0n) is 17.0. The summed E-state index contributed by atoms with van der Waals surface area (Å²) in [5.41, 5.74) is -0.0986. The number of likely N-dealkylation sites (tertiary alicyclic amines) is 1. The van der Waals surface area contributed by atoms with E-state index in [9.17, 15) is 22.8 Å². The van der Waals surface area contributed by atoms with Crippen molar-refractivity contribution >= 4 is 45.6 Å². The van der Waals surface area contributed by atoms with Crippen LogP contribution in [0.1, 0.15) is 29.0 Å². The Labute approximate surface area is 186 Å². The van der Waals surface area contributed by atoms with Crippen molar-refractivity contribution in [1.82, 2.24) is 9.88 Å². The van der Waals surface area contributed by atoms with Crippen molar-refractivity contribution in [3.63, 3.8) is 0 Å². The van der Waals surface area contributed by atoms with E-state index in [1.807, 2.05) is 18.7 Å². The molecule has 11 heteroatoms. The summed E-state index contributed by atoms with van der Waals surface area (Å²) in [6.45, 7) is 4.91. The second kappa shape index (κ2) is 9.54. The topological polar surface area (TPSA) is 74.3 Å². The van der Waals surface area contributed by atoms with Gasteiger partial charge in [0, 0.05) is 17.1 Å². The maximum atomic E-state index is 13.0. The van der Waals surface area contributed by atoms with Gasteiger partial charge in [-0.25, -0.2) is 4.98 Å². The van der Waals surface area contributed by atoms with Crippen molar-refractivity contribution in [2.45, 2.75) is 32.9 Å². The Balaban J connectivity index is 1.57. The molecule has 1 aliphatic rings. The number of nitrogens with one attached hydrogen (secondary N) is 2. The maximum Gasteiger partial charge on any atom is 0.417 e. The summed E-state index contributed by atoms with van der Waals surface area (Å²) in [7, 11) is 0. The molecule has 2 heterocycles. The Kier molecular flexibility index (Phi) is 7.23. The van der Waals surface area contributed by atoms with Gasteiger partial charge in [-0.2, -0.15) is 13.2 Å². The normalized spacial score (nSPS) is 17.4. The molecular weight excluding hydrogens is 453 g/mol. The minimum atomic E-state index is -4.61. The number of halogens is 4. The summed E-state index contributed by atoms with van der Waals surface area (Å²) in [6, 6.07) is 3.27. The van der Waals surface area contributed by atoms with E-state index in [0.717, 1.165) is 22.7 Å². The Hall–Kier alpha value is -2.17. The molecule has 3 rings (SSSR count). The number of carbonyl (C=O) groups excluding carboxylic acids is 2. The number of aryl methyl sites for hydroxylation is 2. The first-order valence-corrected chi connectivity index (χ1v) is 10.9. The van der Waals surface area contributed by atoms with Crippen molar-refractivity contribution in [2.75, 3.05) is 30.3 Å². The average Bonchev–Trinajstić information content (AvgIpc) is 2.99. The lowest BCUT2D eigenvalue weighted by atomic mass is 9.97. The van der Waals surface area contributed by atoms with Gasteiger partial charge in [0.25, 0.3) is 0 Å². The quantitative estimate of drug-likeness (QED) is 0.657. The lowest BCUT2D eigenvalue weighted by Gasteiger charge is -2.31. The average molecular weight is 475 g/mol. The molecule has 1 aliphatic heterocycles. The molecule has 1 atom stereocenters. The number of amides is 2. The van der Waals surface area contributed by atoms with Gasteiger partial charge >= 0.3 is 6.18 Å². The zero-order valence-corrected chi connectivity index (χ0v) is 18.5. The molecule has 0 spiro atoms. The van der Waals surface area contributed by atoms with E-state index < -0.39 is 22.7 Å². The Morgan fingerprint density at radius 1 is 1.29 bits per heavy atom. The van der Waals surface area contributed by atoms with Crippen molar-refractivity contribution in [3.8, 4) is 0 Å². The van der Waals surface area contributed by atoms with Crippen LogP contribution in [-0.4, -0.2) is 41.3 Å². The predicted octanol–water partition coefficient (Wildman–Crippen LogP) is 4.72. The molecule has 168 valence electrons. The fourth-order valence-electron chi connectivity index (χ4n) is 3.37. The number of hydrogen-bond acceptors (Lipinski definition) is 5. The Morgan fingerprint density at radius 3 is 2.68 bits per heavy atom. The number of nitrogens with zero attached hydrogens (tertiary/aromatic N) is 2. The minimum absolute atomic E-state index is 0.0334. The number of aromatic nitrogens is 1. The number of benzene rings is 1. The van der Waals surface area contributed by atoms with Gasteiger partial charge in [-0.3, -0.25) is 14.5 Å². The molecule has 1 aromatic carbocycles. The summed E-state index contributed by atoms with van der Waals surface area (Å²) < 4.78 is 39.1. The molecule has 2 aromatic rings. The van der Waals surface area contributed by atoms with Crippen LogP contribution in [0.15, 0.2) is 18.2 Å². The van der Waals surface area contributed by atoms with Crippen LogP contribution in [0.25, 0.3) is 0 Å². The lowest BCUT2D eigenvalue weighted by Crippen LogP contribution is -2.44. The maximum absolute atomic E-state index is 13.0. The fourth-order valence-corrected chi connectivity index (χ4v) is 4.42. The van der Waals surface area contributed by atoms with E-state index in [4.69, 9.17) is 11.6 Å². The molecule has 0 radical (unpaired) electrons. The summed E-state index contributed by atoms with van der Waals surface area (Å²) in [4.78, 5) is 32.1. The predicted molar refractivity (Wildman–Crippen MR) is 114 cm³/mol. The largest absolute Gasteiger partial charge is 0.417 e. The molecule has 1 fully saturated rings. The molecule has 0 aliphatic carbocycles. The van der Waals surface area contributed by atoms with Crippen LogP contribution in [0.4, 0.5) is 24.0 Å². The monoisotopic (exact) mass is 474 g/mol. The standard InChI is InChI=1S/C20H22ClF3N4O2S/c1-11-12(2)31-19(25-11)27-17(29)10-28-7-3-4-13(9-28)18(30)26-14-5-6-16(21)15(8-14)20(22,23)24/h5-6,8,13H,3-4,7,9-10H2,1-2H3,(H,26,30)(H,25,27,29). The lowest BCUT2D eigenvalue weighted by molar-refractivity contribution is -0.137. The molecule has 1 saturated heterocycles. The number of alkyl halides is 3. The number of rotatable bonds is 5. The Bertz CT molecular complexity index is 960. The summed E-state index contributed by atoms with van der Waals surface area (Å²) in [5, 5.41) is 5.42. The Morgan fingerprint density at radius 2 is 2.03 bits per heavy atom. The highest BCUT2D eigenvalue weighted by atomic mass is 35.5. The SMILES string of the molecule is Cc1nc(NC(=O)CN2CCCC(C(=O)Nc3ccc(Cl)c(C(F)(F)F)c3)C2)sc1C. The highest BCUT2D eigenvalue weighted by Gasteiger charge is 2.34. The van der Waals surface area contributed by atoms with E-state index in [-0.39, 0.29) is 24.0 Å². The molecular formula is C20H22ClF3N4O2S. The second-order valence-corrected chi connectivity index (χ2v) is 9.08. The number of thiazole rings is 1. The number of piperidine rings is 1. The molecule has 2 amide bonds. The summed E-state index contributed by atoms with van der Waals surface area (Å²) in [6.07, 6.45) is -3.31. The van der Waals surface area contributed by atoms with Crippen LogP contribution in [0, 0.1) is 19.8 Å². The number of hydrogen-bond donors (Lipinski definition) is 2. The van der Waals surface area contributed by atoms with Gasteiger partial charge in [-0.05, 0) is 51.4 Å². The van der Waals surface area contributed by atoms with Gasteiger partial charge < -0.3 is 10.6 Å². The third-order valence-electron chi connectivity index (χ3n) is 5.06. The fraction of sp³-hybridized carbons (Fsp3) is 0.450. The minimum Gasteiger partial charge on any atom is -0.326 e. The first kappa shape index (κ1) is 23.5. The molecule has 0 bridgehead atoms. The molecule has 1 aromatic heterocycles. The van der Waals surface area contributed by atoms with Gasteiger partial charge in [-0.1, -0.05) is 11.6 Å². The summed E-state index contributed by atoms with van der Waals surface area (Å²) >= 11 is 7.02. The van der Waals surface area contributed by atoms with Crippen LogP contribution < -0.4 is 10.6 Å². The van der Waals surface area contributed by atoms with Crippen LogP contribution >= 0.6 is 22.9 Å². The van der Waals surface area contributed by atoms with Crippen molar-refractivity contribution in [3.05, 3.63) is 39.4 Å². The number of anilines is 2. The highest BCUT2D eigenvalue weighted by molar-refractivity contribution is 7.15. The zero-order chi connectivity index (χ0) is 22.8. The molecule has 2 N–H and O–H groups in total. The van der Waals surface area contributed by atoms with Gasteiger partial charge in [0.2, 0.25) is 11.8 Å². The molecule has 1 unspecified atom stereocenters. The molecule has 31 heavy (non-hydrogen) atoms.